The van der Waals surface area contributed by atoms with Crippen molar-refractivity contribution in [2.24, 2.45) is 7.05 Å². The van der Waals surface area contributed by atoms with Gasteiger partial charge in [0, 0.05) is 23.7 Å². The van der Waals surface area contributed by atoms with Gasteiger partial charge in [0.05, 0.1) is 11.4 Å². The first kappa shape index (κ1) is 30.9. The summed E-state index contributed by atoms with van der Waals surface area (Å²) in [4.78, 5) is 26.6. The summed E-state index contributed by atoms with van der Waals surface area (Å²) in [7, 11) is -1.99. The topological polar surface area (TPSA) is 131 Å². The first-order chi connectivity index (χ1) is 19.1. The average Bonchev–Trinajstić information content (AvgIpc) is 3.69. The highest BCUT2D eigenvalue weighted by atomic mass is 127. The van der Waals surface area contributed by atoms with Crippen LogP contribution in [0.4, 0.5) is 34.8 Å². The van der Waals surface area contributed by atoms with Crippen LogP contribution < -0.4 is 30.4 Å². The lowest BCUT2D eigenvalue weighted by molar-refractivity contribution is -0.139. The molecule has 1 fully saturated rings. The second-order valence-electron chi connectivity index (χ2n) is 8.82. The molecule has 0 atom stereocenters. The zero-order valence-corrected chi connectivity index (χ0v) is 24.9. The summed E-state index contributed by atoms with van der Waals surface area (Å²) in [6, 6.07) is 7.17. The van der Waals surface area contributed by atoms with Gasteiger partial charge in [-0.15, -0.1) is 0 Å². The largest absolute Gasteiger partial charge is 0.454 e. The predicted octanol–water partition coefficient (Wildman–Crippen LogP) is 5.11. The van der Waals surface area contributed by atoms with E-state index in [2.05, 4.69) is 15.4 Å². The Labute approximate surface area is 249 Å². The normalized spacial score (nSPS) is 13.6. The molecular weight excluding hydrogens is 709 g/mol. The summed E-state index contributed by atoms with van der Waals surface area (Å²) in [5.74, 6) is -4.02. The number of pyridine rings is 1. The van der Waals surface area contributed by atoms with E-state index in [1.807, 2.05) is 27.3 Å². The molecule has 0 radical (unpaired) electrons. The molecule has 10 nitrogen and oxygen atoms in total. The Kier molecular flexibility index (Phi) is 8.77. The summed E-state index contributed by atoms with van der Waals surface area (Å²) in [6.07, 6.45) is -4.16. The number of carbonyl (C=O) groups is 1. The molecule has 1 amide bonds. The predicted molar refractivity (Wildman–Crippen MR) is 153 cm³/mol. The van der Waals surface area contributed by atoms with E-state index in [4.69, 9.17) is 16.3 Å². The molecule has 0 spiro atoms. The fourth-order valence-corrected chi connectivity index (χ4v) is 4.94. The highest BCUT2D eigenvalue weighted by Gasteiger charge is 2.43. The van der Waals surface area contributed by atoms with Crippen molar-refractivity contribution in [2.75, 3.05) is 17.1 Å². The molecule has 41 heavy (non-hydrogen) atoms. The molecule has 0 bridgehead atoms. The van der Waals surface area contributed by atoms with Gasteiger partial charge in [0.25, 0.3) is 21.7 Å². The number of alkyl halides is 3. The number of nitrogens with zero attached hydrogens (tertiary/aromatic N) is 1. The molecule has 0 saturated heterocycles. The van der Waals surface area contributed by atoms with Crippen LogP contribution >= 0.6 is 34.2 Å². The van der Waals surface area contributed by atoms with E-state index in [-0.39, 0.29) is 17.4 Å². The van der Waals surface area contributed by atoms with Gasteiger partial charge in [-0.25, -0.2) is 9.11 Å². The molecule has 0 aliphatic heterocycles. The minimum absolute atomic E-state index is 0.229. The quantitative estimate of drug-likeness (QED) is 0.179. The van der Waals surface area contributed by atoms with Crippen molar-refractivity contribution in [1.29, 1.82) is 0 Å². The van der Waals surface area contributed by atoms with Gasteiger partial charge in [-0.2, -0.15) is 21.6 Å². The van der Waals surface area contributed by atoms with Crippen LogP contribution in [0.25, 0.3) is 0 Å². The molecule has 4 N–H and O–H groups in total. The van der Waals surface area contributed by atoms with Crippen molar-refractivity contribution in [1.82, 2.24) is 14.6 Å². The van der Waals surface area contributed by atoms with Crippen molar-refractivity contribution < 1.29 is 35.5 Å². The number of carbonyl (C=O) groups excluding carboxylic acids is 1. The highest BCUT2D eigenvalue weighted by molar-refractivity contribution is 14.1. The van der Waals surface area contributed by atoms with E-state index >= 15 is 0 Å². The summed E-state index contributed by atoms with van der Waals surface area (Å²) < 4.78 is 92.5. The van der Waals surface area contributed by atoms with Crippen LogP contribution in [0.3, 0.4) is 0 Å². The number of halogens is 6. The maximum atomic E-state index is 14.8. The van der Waals surface area contributed by atoms with Crippen molar-refractivity contribution in [3.05, 3.63) is 72.3 Å². The van der Waals surface area contributed by atoms with Crippen molar-refractivity contribution >= 4 is 67.5 Å². The monoisotopic (exact) mass is 729 g/mol. The first-order valence-electron chi connectivity index (χ1n) is 11.7. The summed E-state index contributed by atoms with van der Waals surface area (Å²) in [6.45, 7) is 0. The molecule has 4 rings (SSSR count). The third-order valence-electron chi connectivity index (χ3n) is 5.84. The standard InChI is InChI=1S/C24H21ClF4IN5O5S/c1-31-41(38,39)34-15-4-3-5-16(19(15)25)40-20-17(22(36)32-12-7-8-12)21(33-14-9-6-11(30)10-13(14)26)35(2)23(37)18(20)24(27,28)29/h3-6,9-10,12,31,33-34H,7-8H2,1-2H3,(H,32,36). The van der Waals surface area contributed by atoms with Crippen molar-refractivity contribution in [3.63, 3.8) is 0 Å². The number of anilines is 3. The van der Waals surface area contributed by atoms with Crippen LogP contribution in [0, 0.1) is 9.39 Å². The fourth-order valence-electron chi connectivity index (χ4n) is 3.65. The van der Waals surface area contributed by atoms with Gasteiger partial charge < -0.3 is 15.4 Å². The minimum Gasteiger partial charge on any atom is -0.454 e. The number of hydrogen-bond acceptors (Lipinski definition) is 6. The van der Waals surface area contributed by atoms with Crippen LogP contribution in [0.1, 0.15) is 28.8 Å². The zero-order chi connectivity index (χ0) is 30.3. The van der Waals surface area contributed by atoms with Crippen LogP contribution in [0.15, 0.2) is 41.2 Å². The maximum absolute atomic E-state index is 14.8. The second-order valence-corrected chi connectivity index (χ2v) is 12.1. The van der Waals surface area contributed by atoms with Crippen LogP contribution in [0.5, 0.6) is 11.5 Å². The molecule has 17 heteroatoms. The Morgan fingerprint density at radius 3 is 2.44 bits per heavy atom. The van der Waals surface area contributed by atoms with Crippen LogP contribution in [-0.4, -0.2) is 32.0 Å². The molecule has 1 aliphatic carbocycles. The SMILES string of the molecule is CNS(=O)(=O)Nc1cccc(Oc2c(C(=O)NC3CC3)c(Nc3ccc(I)cc3F)n(C)c(=O)c2C(F)(F)F)c1Cl. The van der Waals surface area contributed by atoms with Gasteiger partial charge in [0.2, 0.25) is 0 Å². The lowest BCUT2D eigenvalue weighted by atomic mass is 10.1. The fraction of sp³-hybridized carbons (Fsp3) is 0.250. The van der Waals surface area contributed by atoms with E-state index in [0.29, 0.717) is 21.0 Å². The first-order valence-corrected chi connectivity index (χ1v) is 14.6. The number of ether oxygens (including phenoxy) is 1. The zero-order valence-electron chi connectivity index (χ0n) is 21.1. The Bertz CT molecular complexity index is 1700. The Morgan fingerprint density at radius 2 is 1.85 bits per heavy atom. The van der Waals surface area contributed by atoms with E-state index in [1.165, 1.54) is 24.3 Å². The third-order valence-corrected chi connectivity index (χ3v) is 7.93. The maximum Gasteiger partial charge on any atom is 0.425 e. The molecule has 220 valence electrons. The number of nitrogens with one attached hydrogen (secondary N) is 4. The number of hydrogen-bond donors (Lipinski definition) is 4. The molecule has 3 aromatic rings. The van der Waals surface area contributed by atoms with Crippen LogP contribution in [0.2, 0.25) is 5.02 Å². The van der Waals surface area contributed by atoms with Crippen LogP contribution in [-0.2, 0) is 23.4 Å². The summed E-state index contributed by atoms with van der Waals surface area (Å²) >= 11 is 8.14. The molecule has 1 aliphatic rings. The summed E-state index contributed by atoms with van der Waals surface area (Å²) in [5.41, 5.74) is -4.67. The van der Waals surface area contributed by atoms with Gasteiger partial charge in [-0.05, 0) is 65.8 Å². The number of benzene rings is 2. The van der Waals surface area contributed by atoms with Gasteiger partial charge in [-0.1, -0.05) is 17.7 Å². The van der Waals surface area contributed by atoms with Crippen molar-refractivity contribution in [3.8, 4) is 11.5 Å². The number of rotatable bonds is 9. The molecule has 0 unspecified atom stereocenters. The second kappa shape index (κ2) is 11.7. The smallest absolute Gasteiger partial charge is 0.425 e. The average molecular weight is 730 g/mol. The van der Waals surface area contributed by atoms with E-state index in [1.54, 1.807) is 0 Å². The van der Waals surface area contributed by atoms with Gasteiger partial charge in [-0.3, -0.25) is 18.9 Å². The summed E-state index contributed by atoms with van der Waals surface area (Å²) in [5, 5.41) is 4.67. The van der Waals surface area contributed by atoms with Gasteiger partial charge in [0.15, 0.2) is 11.3 Å². The molecule has 2 aromatic carbocycles. The Balaban J connectivity index is 1.98. The molecule has 1 aromatic heterocycles. The van der Waals surface area contributed by atoms with E-state index in [9.17, 15) is 35.6 Å². The lowest BCUT2D eigenvalue weighted by Gasteiger charge is -2.23. The Hall–Kier alpha value is -3.09. The Morgan fingerprint density at radius 1 is 1.17 bits per heavy atom. The van der Waals surface area contributed by atoms with E-state index < -0.39 is 67.1 Å². The molecule has 1 heterocycles. The van der Waals surface area contributed by atoms with Gasteiger partial charge in [0.1, 0.15) is 28.0 Å². The third kappa shape index (κ3) is 6.87. The van der Waals surface area contributed by atoms with Crippen molar-refractivity contribution in [2.45, 2.75) is 25.1 Å². The minimum atomic E-state index is -5.32. The van der Waals surface area contributed by atoms with Gasteiger partial charge >= 0.3 is 6.18 Å². The number of aromatic nitrogens is 1. The highest BCUT2D eigenvalue weighted by Crippen LogP contribution is 2.44. The van der Waals surface area contributed by atoms with E-state index in [0.717, 1.165) is 26.2 Å². The lowest BCUT2D eigenvalue weighted by Crippen LogP contribution is -2.34. The molecule has 1 saturated carbocycles. The number of amides is 1. The molecular formula is C24H21ClF4IN5O5S.